The molecule has 0 aliphatic heterocycles. The lowest BCUT2D eigenvalue weighted by Crippen LogP contribution is -2.09. The molecule has 2 N–H and O–H groups in total. The van der Waals surface area contributed by atoms with Crippen molar-refractivity contribution in [1.29, 1.82) is 0 Å². The summed E-state index contributed by atoms with van der Waals surface area (Å²) >= 11 is 1.81. The van der Waals surface area contributed by atoms with Crippen molar-refractivity contribution in [1.82, 2.24) is 0 Å². The number of rotatable bonds is 4. The van der Waals surface area contributed by atoms with Crippen LogP contribution in [0.1, 0.15) is 23.8 Å². The lowest BCUT2D eigenvalue weighted by molar-refractivity contribution is 0.490. The fourth-order valence-electron chi connectivity index (χ4n) is 1.75. The van der Waals surface area contributed by atoms with Crippen molar-refractivity contribution in [3.63, 3.8) is 0 Å². The number of furan rings is 1. The van der Waals surface area contributed by atoms with E-state index in [4.69, 9.17) is 10.2 Å². The van der Waals surface area contributed by atoms with Crippen LogP contribution in [0.5, 0.6) is 0 Å². The fraction of sp³-hybridized carbons (Fsp3) is 0.385. The lowest BCUT2D eigenvalue weighted by Gasteiger charge is -2.06. The summed E-state index contributed by atoms with van der Waals surface area (Å²) in [6.07, 6.45) is 3.05. The Morgan fingerprint density at radius 2 is 2.19 bits per heavy atom. The SMILES string of the molecule is CSCCC(N)c1cc2cc(C)ccc2o1. The van der Waals surface area contributed by atoms with Crippen molar-refractivity contribution in [2.75, 3.05) is 12.0 Å². The summed E-state index contributed by atoms with van der Waals surface area (Å²) in [7, 11) is 0. The molecule has 0 radical (unpaired) electrons. The van der Waals surface area contributed by atoms with Crippen molar-refractivity contribution < 1.29 is 4.42 Å². The Labute approximate surface area is 100 Å². The second-order valence-electron chi connectivity index (χ2n) is 4.08. The van der Waals surface area contributed by atoms with E-state index in [1.54, 1.807) is 0 Å². The van der Waals surface area contributed by atoms with Crippen LogP contribution in [0, 0.1) is 6.92 Å². The summed E-state index contributed by atoms with van der Waals surface area (Å²) in [5, 5.41) is 1.15. The maximum atomic E-state index is 6.08. The predicted octanol–water partition coefficient (Wildman–Crippen LogP) is 3.49. The summed E-state index contributed by atoms with van der Waals surface area (Å²) in [5.74, 6) is 1.96. The summed E-state index contributed by atoms with van der Waals surface area (Å²) in [5.41, 5.74) is 8.25. The zero-order chi connectivity index (χ0) is 11.5. The third-order valence-electron chi connectivity index (χ3n) is 2.69. The van der Waals surface area contributed by atoms with Crippen molar-refractivity contribution in [3.8, 4) is 0 Å². The highest BCUT2D eigenvalue weighted by molar-refractivity contribution is 7.98. The highest BCUT2D eigenvalue weighted by Crippen LogP contribution is 2.25. The molecule has 0 aliphatic carbocycles. The smallest absolute Gasteiger partial charge is 0.134 e. The topological polar surface area (TPSA) is 39.2 Å². The molecule has 0 saturated heterocycles. The standard InChI is InChI=1S/C13H17NOS/c1-9-3-4-12-10(7-9)8-13(15-12)11(14)5-6-16-2/h3-4,7-8,11H,5-6,14H2,1-2H3. The van der Waals surface area contributed by atoms with E-state index in [0.717, 1.165) is 28.9 Å². The van der Waals surface area contributed by atoms with Gasteiger partial charge in [0.15, 0.2) is 0 Å². The maximum absolute atomic E-state index is 6.08. The van der Waals surface area contributed by atoms with Gasteiger partial charge >= 0.3 is 0 Å². The van der Waals surface area contributed by atoms with Gasteiger partial charge in [-0.1, -0.05) is 11.6 Å². The molecule has 1 heterocycles. The lowest BCUT2D eigenvalue weighted by atomic mass is 10.1. The molecule has 2 rings (SSSR count). The van der Waals surface area contributed by atoms with Crippen molar-refractivity contribution in [2.24, 2.45) is 5.73 Å². The zero-order valence-corrected chi connectivity index (χ0v) is 10.5. The molecule has 3 heteroatoms. The van der Waals surface area contributed by atoms with E-state index in [-0.39, 0.29) is 6.04 Å². The first kappa shape index (κ1) is 11.6. The molecule has 0 aliphatic rings. The van der Waals surface area contributed by atoms with Gasteiger partial charge in [-0.25, -0.2) is 0 Å². The van der Waals surface area contributed by atoms with Crippen LogP contribution in [0.4, 0.5) is 0 Å². The molecule has 1 aromatic carbocycles. The van der Waals surface area contributed by atoms with E-state index in [0.29, 0.717) is 0 Å². The van der Waals surface area contributed by atoms with Crippen LogP contribution in [0.2, 0.25) is 0 Å². The fourth-order valence-corrected chi connectivity index (χ4v) is 2.24. The Morgan fingerprint density at radius 1 is 1.38 bits per heavy atom. The van der Waals surface area contributed by atoms with Crippen LogP contribution < -0.4 is 5.73 Å². The average Bonchev–Trinajstić information content (AvgIpc) is 2.68. The van der Waals surface area contributed by atoms with Crippen LogP contribution in [-0.4, -0.2) is 12.0 Å². The van der Waals surface area contributed by atoms with Gasteiger partial charge in [0, 0.05) is 5.39 Å². The Bertz CT molecular complexity index is 478. The van der Waals surface area contributed by atoms with Gasteiger partial charge in [0.1, 0.15) is 11.3 Å². The average molecular weight is 235 g/mol. The third-order valence-corrected chi connectivity index (χ3v) is 3.33. The molecular weight excluding hydrogens is 218 g/mol. The monoisotopic (exact) mass is 235 g/mol. The molecule has 16 heavy (non-hydrogen) atoms. The molecule has 2 aromatic rings. The van der Waals surface area contributed by atoms with Gasteiger partial charge in [-0.3, -0.25) is 0 Å². The van der Waals surface area contributed by atoms with Gasteiger partial charge in [0.25, 0.3) is 0 Å². The summed E-state index contributed by atoms with van der Waals surface area (Å²) in [6, 6.07) is 8.27. The molecule has 0 amide bonds. The molecule has 1 atom stereocenters. The number of benzene rings is 1. The van der Waals surface area contributed by atoms with Crippen LogP contribution >= 0.6 is 11.8 Å². The minimum absolute atomic E-state index is 0.0140. The number of fused-ring (bicyclic) bond motifs is 1. The van der Waals surface area contributed by atoms with E-state index in [1.165, 1.54) is 5.56 Å². The first-order valence-electron chi connectivity index (χ1n) is 5.45. The van der Waals surface area contributed by atoms with Crippen molar-refractivity contribution in [3.05, 3.63) is 35.6 Å². The number of hydrogen-bond acceptors (Lipinski definition) is 3. The Balaban J connectivity index is 2.25. The van der Waals surface area contributed by atoms with Gasteiger partial charge < -0.3 is 10.2 Å². The van der Waals surface area contributed by atoms with Crippen molar-refractivity contribution in [2.45, 2.75) is 19.4 Å². The first-order chi connectivity index (χ1) is 7.70. The summed E-state index contributed by atoms with van der Waals surface area (Å²) < 4.78 is 5.75. The van der Waals surface area contributed by atoms with Crippen LogP contribution in [0.3, 0.4) is 0 Å². The van der Waals surface area contributed by atoms with E-state index in [9.17, 15) is 0 Å². The molecule has 2 nitrogen and oxygen atoms in total. The molecule has 1 aromatic heterocycles. The van der Waals surface area contributed by atoms with E-state index >= 15 is 0 Å². The molecule has 86 valence electrons. The van der Waals surface area contributed by atoms with Crippen LogP contribution in [-0.2, 0) is 0 Å². The third kappa shape index (κ3) is 2.42. The van der Waals surface area contributed by atoms with Crippen molar-refractivity contribution >= 4 is 22.7 Å². The van der Waals surface area contributed by atoms with E-state index < -0.39 is 0 Å². The Hall–Kier alpha value is -0.930. The summed E-state index contributed by atoms with van der Waals surface area (Å²) in [6.45, 7) is 2.08. The molecule has 0 spiro atoms. The number of nitrogens with two attached hydrogens (primary N) is 1. The number of thioether (sulfide) groups is 1. The maximum Gasteiger partial charge on any atom is 0.134 e. The Kier molecular flexibility index (Phi) is 3.56. The van der Waals surface area contributed by atoms with Gasteiger partial charge in [-0.2, -0.15) is 11.8 Å². The minimum Gasteiger partial charge on any atom is -0.459 e. The second-order valence-corrected chi connectivity index (χ2v) is 5.06. The molecule has 0 fully saturated rings. The van der Waals surface area contributed by atoms with Crippen LogP contribution in [0.15, 0.2) is 28.7 Å². The molecule has 1 unspecified atom stereocenters. The Morgan fingerprint density at radius 3 is 2.94 bits per heavy atom. The van der Waals surface area contributed by atoms with Gasteiger partial charge in [0.05, 0.1) is 6.04 Å². The predicted molar refractivity (Wildman–Crippen MR) is 70.9 cm³/mol. The van der Waals surface area contributed by atoms with Crippen LogP contribution in [0.25, 0.3) is 11.0 Å². The molecule has 0 bridgehead atoms. The number of hydrogen-bond donors (Lipinski definition) is 1. The number of aryl methyl sites for hydroxylation is 1. The largest absolute Gasteiger partial charge is 0.459 e. The second kappa shape index (κ2) is 4.93. The molecule has 0 saturated carbocycles. The minimum atomic E-state index is 0.0140. The van der Waals surface area contributed by atoms with E-state index in [1.807, 2.05) is 17.8 Å². The normalized spacial score (nSPS) is 13.2. The van der Waals surface area contributed by atoms with Gasteiger partial charge in [-0.15, -0.1) is 0 Å². The first-order valence-corrected chi connectivity index (χ1v) is 6.84. The summed E-state index contributed by atoms with van der Waals surface area (Å²) in [4.78, 5) is 0. The zero-order valence-electron chi connectivity index (χ0n) is 9.69. The van der Waals surface area contributed by atoms with Gasteiger partial charge in [-0.05, 0) is 43.6 Å². The highest BCUT2D eigenvalue weighted by Gasteiger charge is 2.11. The quantitative estimate of drug-likeness (QED) is 0.881. The van der Waals surface area contributed by atoms with E-state index in [2.05, 4.69) is 31.4 Å². The molecular formula is C13H17NOS. The highest BCUT2D eigenvalue weighted by atomic mass is 32.2. The van der Waals surface area contributed by atoms with Gasteiger partial charge in [0.2, 0.25) is 0 Å².